The average Bonchev–Trinajstić information content (AvgIpc) is 3.28. The number of rotatable bonds is 14. The van der Waals surface area contributed by atoms with Crippen molar-refractivity contribution in [2.75, 3.05) is 65.4 Å². The minimum atomic E-state index is 0.0355. The van der Waals surface area contributed by atoms with Crippen LogP contribution in [0.1, 0.15) is 60.9 Å². The quantitative estimate of drug-likeness (QED) is 0.148. The number of carbonyl (C=O) groups is 1. The van der Waals surface area contributed by atoms with E-state index in [0.29, 0.717) is 23.6 Å². The zero-order valence-electron chi connectivity index (χ0n) is 27.5. The second-order valence-electron chi connectivity index (χ2n) is 12.1. The summed E-state index contributed by atoms with van der Waals surface area (Å²) in [6.07, 6.45) is 5.62. The lowest BCUT2D eigenvalue weighted by Crippen LogP contribution is -2.35. The number of likely N-dealkylation sites (N-methyl/N-ethyl adjacent to an activating group) is 1. The molecule has 1 amide bonds. The van der Waals surface area contributed by atoms with Gasteiger partial charge < -0.3 is 28.7 Å². The second-order valence-corrected chi connectivity index (χ2v) is 12.1. The van der Waals surface area contributed by atoms with Crippen LogP contribution >= 0.6 is 0 Å². The van der Waals surface area contributed by atoms with Gasteiger partial charge in [0.1, 0.15) is 0 Å². The van der Waals surface area contributed by atoms with E-state index >= 15 is 0 Å². The molecular formula is C37H49N5O3. The fourth-order valence-electron chi connectivity index (χ4n) is 6.46. The molecule has 240 valence electrons. The molecule has 1 fully saturated rings. The molecule has 1 atom stereocenters. The van der Waals surface area contributed by atoms with Gasteiger partial charge in [0.05, 0.1) is 25.3 Å². The first-order valence-electron chi connectivity index (χ1n) is 16.5. The summed E-state index contributed by atoms with van der Waals surface area (Å²) in [5.41, 5.74) is 4.17. The van der Waals surface area contributed by atoms with Crippen molar-refractivity contribution in [3.8, 4) is 11.5 Å². The Morgan fingerprint density at radius 2 is 1.67 bits per heavy atom. The van der Waals surface area contributed by atoms with E-state index in [-0.39, 0.29) is 11.8 Å². The van der Waals surface area contributed by atoms with Crippen LogP contribution in [0.25, 0.3) is 11.0 Å². The van der Waals surface area contributed by atoms with Crippen LogP contribution in [0.2, 0.25) is 0 Å². The van der Waals surface area contributed by atoms with E-state index in [1.54, 1.807) is 14.2 Å². The van der Waals surface area contributed by atoms with E-state index < -0.39 is 0 Å². The Bertz CT molecular complexity index is 1520. The van der Waals surface area contributed by atoms with E-state index in [1.165, 1.54) is 24.8 Å². The van der Waals surface area contributed by atoms with Crippen molar-refractivity contribution in [3.63, 3.8) is 0 Å². The van der Waals surface area contributed by atoms with Crippen molar-refractivity contribution in [2.24, 2.45) is 0 Å². The minimum absolute atomic E-state index is 0.0355. The van der Waals surface area contributed by atoms with Gasteiger partial charge in [-0.25, -0.2) is 4.98 Å². The summed E-state index contributed by atoms with van der Waals surface area (Å²) in [7, 11) is 5.23. The smallest absolute Gasteiger partial charge is 0.253 e. The van der Waals surface area contributed by atoms with Crippen LogP contribution in [0, 0.1) is 0 Å². The third-order valence-electron chi connectivity index (χ3n) is 9.03. The van der Waals surface area contributed by atoms with E-state index in [0.717, 1.165) is 69.1 Å². The summed E-state index contributed by atoms with van der Waals surface area (Å²) in [6, 6.07) is 24.2. The summed E-state index contributed by atoms with van der Waals surface area (Å²) in [4.78, 5) is 25.3. The Morgan fingerprint density at radius 3 is 2.44 bits per heavy atom. The molecule has 0 saturated carbocycles. The number of unbranched alkanes of at least 4 members (excludes halogenated alkanes) is 2. The highest BCUT2D eigenvalue weighted by Gasteiger charge is 2.24. The first-order chi connectivity index (χ1) is 22.0. The Balaban J connectivity index is 1.29. The highest BCUT2D eigenvalue weighted by molar-refractivity contribution is 5.94. The number of amides is 1. The lowest BCUT2D eigenvalue weighted by Gasteiger charge is -2.28. The summed E-state index contributed by atoms with van der Waals surface area (Å²) < 4.78 is 13.6. The zero-order chi connectivity index (χ0) is 31.6. The number of hydrogen-bond acceptors (Lipinski definition) is 6. The van der Waals surface area contributed by atoms with Gasteiger partial charge in [-0.1, -0.05) is 56.2 Å². The topological polar surface area (TPSA) is 63.1 Å². The molecule has 0 aliphatic carbocycles. The molecule has 1 unspecified atom stereocenters. The van der Waals surface area contributed by atoms with Gasteiger partial charge in [0, 0.05) is 51.3 Å². The summed E-state index contributed by atoms with van der Waals surface area (Å²) in [6.45, 7) is 8.81. The maximum absolute atomic E-state index is 13.3. The number of nitrogens with zero attached hydrogens (tertiary/aromatic N) is 5. The van der Waals surface area contributed by atoms with E-state index in [9.17, 15) is 4.79 Å². The van der Waals surface area contributed by atoms with Gasteiger partial charge >= 0.3 is 0 Å². The summed E-state index contributed by atoms with van der Waals surface area (Å²) >= 11 is 0. The largest absolute Gasteiger partial charge is 0.493 e. The third-order valence-corrected chi connectivity index (χ3v) is 9.03. The molecular weight excluding hydrogens is 562 g/mol. The molecule has 4 aromatic rings. The molecule has 1 aliphatic heterocycles. The van der Waals surface area contributed by atoms with Gasteiger partial charge in [-0.3, -0.25) is 4.79 Å². The SMILES string of the molecule is CCCCCn1c(N2CCCN(CCC(CN(C)C(=O)c3ccccc3)c3ccc(OC)c(OC)c3)CC2)nc2ccccc21. The Kier molecular flexibility index (Phi) is 11.4. The van der Waals surface area contributed by atoms with Crippen LogP contribution in [-0.2, 0) is 6.54 Å². The van der Waals surface area contributed by atoms with Crippen molar-refractivity contribution >= 4 is 22.9 Å². The first kappa shape index (κ1) is 32.4. The average molecular weight is 612 g/mol. The minimum Gasteiger partial charge on any atom is -0.493 e. The van der Waals surface area contributed by atoms with Gasteiger partial charge in [-0.05, 0) is 74.3 Å². The molecule has 2 heterocycles. The van der Waals surface area contributed by atoms with Crippen molar-refractivity contribution in [2.45, 2.75) is 51.5 Å². The monoisotopic (exact) mass is 611 g/mol. The predicted molar refractivity (Wildman–Crippen MR) is 183 cm³/mol. The zero-order valence-corrected chi connectivity index (χ0v) is 27.5. The molecule has 1 saturated heterocycles. The van der Waals surface area contributed by atoms with Gasteiger partial charge in [0.25, 0.3) is 5.91 Å². The molecule has 5 rings (SSSR count). The van der Waals surface area contributed by atoms with Crippen molar-refractivity contribution in [1.29, 1.82) is 0 Å². The van der Waals surface area contributed by atoms with Crippen molar-refractivity contribution < 1.29 is 14.3 Å². The summed E-state index contributed by atoms with van der Waals surface area (Å²) in [5, 5.41) is 0. The number of methoxy groups -OCH3 is 2. The summed E-state index contributed by atoms with van der Waals surface area (Å²) in [5.74, 6) is 2.71. The van der Waals surface area contributed by atoms with Gasteiger partial charge in [0.15, 0.2) is 11.5 Å². The molecule has 0 radical (unpaired) electrons. The number of ether oxygens (including phenoxy) is 2. The van der Waals surface area contributed by atoms with Crippen molar-refractivity contribution in [1.82, 2.24) is 19.4 Å². The lowest BCUT2D eigenvalue weighted by molar-refractivity contribution is 0.0782. The van der Waals surface area contributed by atoms with Crippen LogP contribution in [0.4, 0.5) is 5.95 Å². The number of imidazole rings is 1. The predicted octanol–water partition coefficient (Wildman–Crippen LogP) is 6.70. The standard InChI is InChI=1S/C37H49N5O3/c1-5-6-12-23-42-33-17-11-10-16-32(33)38-37(42)41-22-13-21-40(25-26-41)24-20-31(30-18-19-34(44-3)35(27-30)45-4)28-39(2)36(43)29-14-8-7-9-15-29/h7-11,14-19,27,31H,5-6,12-13,20-26,28H2,1-4H3. The Morgan fingerprint density at radius 1 is 0.889 bits per heavy atom. The Hall–Kier alpha value is -4.04. The lowest BCUT2D eigenvalue weighted by atomic mass is 9.94. The van der Waals surface area contributed by atoms with Crippen LogP contribution in [0.3, 0.4) is 0 Å². The van der Waals surface area contributed by atoms with Crippen molar-refractivity contribution in [3.05, 3.63) is 83.9 Å². The fourth-order valence-corrected chi connectivity index (χ4v) is 6.46. The second kappa shape index (κ2) is 15.8. The van der Waals surface area contributed by atoms with Crippen LogP contribution in [0.5, 0.6) is 11.5 Å². The van der Waals surface area contributed by atoms with Crippen LogP contribution in [0.15, 0.2) is 72.8 Å². The molecule has 0 N–H and O–H groups in total. The molecule has 8 heteroatoms. The number of carbonyl (C=O) groups excluding carboxylic acids is 1. The molecule has 3 aromatic carbocycles. The molecule has 1 aliphatic rings. The molecule has 0 bridgehead atoms. The number of para-hydroxylation sites is 2. The maximum Gasteiger partial charge on any atom is 0.253 e. The number of fused-ring (bicyclic) bond motifs is 1. The Labute approximate surface area is 268 Å². The molecule has 0 spiro atoms. The molecule has 1 aromatic heterocycles. The number of anilines is 1. The number of hydrogen-bond donors (Lipinski definition) is 0. The molecule has 8 nitrogen and oxygen atoms in total. The van der Waals surface area contributed by atoms with Crippen LogP contribution < -0.4 is 14.4 Å². The normalized spacial score (nSPS) is 14.7. The third kappa shape index (κ3) is 7.98. The van der Waals surface area contributed by atoms with Gasteiger partial charge in [0.2, 0.25) is 5.95 Å². The number of aromatic nitrogens is 2. The first-order valence-corrected chi connectivity index (χ1v) is 16.5. The van der Waals surface area contributed by atoms with E-state index in [1.807, 2.05) is 48.3 Å². The van der Waals surface area contributed by atoms with Crippen LogP contribution in [-0.4, -0.2) is 85.8 Å². The maximum atomic E-state index is 13.3. The molecule has 45 heavy (non-hydrogen) atoms. The van der Waals surface area contributed by atoms with Gasteiger partial charge in [-0.15, -0.1) is 0 Å². The highest BCUT2D eigenvalue weighted by Crippen LogP contribution is 2.33. The fraction of sp³-hybridized carbons (Fsp3) is 0.459. The van der Waals surface area contributed by atoms with E-state index in [2.05, 4.69) is 57.7 Å². The number of benzene rings is 3. The van der Waals surface area contributed by atoms with E-state index in [4.69, 9.17) is 14.5 Å². The number of aryl methyl sites for hydroxylation is 1. The van der Waals surface area contributed by atoms with Gasteiger partial charge in [-0.2, -0.15) is 0 Å². The highest BCUT2D eigenvalue weighted by atomic mass is 16.5.